The number of nitrogens with zero attached hydrogens (tertiary/aromatic N) is 1. The molecule has 1 heterocycles. The van der Waals surface area contributed by atoms with Crippen molar-refractivity contribution < 1.29 is 23.5 Å². The van der Waals surface area contributed by atoms with Crippen LogP contribution in [0.1, 0.15) is 46.3 Å². The lowest BCUT2D eigenvalue weighted by atomic mass is 9.90. The van der Waals surface area contributed by atoms with Crippen molar-refractivity contribution in [1.82, 2.24) is 0 Å². The summed E-state index contributed by atoms with van der Waals surface area (Å²) in [5.41, 5.74) is 8.23. The minimum atomic E-state index is 0.175. The number of benzene rings is 5. The molecule has 0 saturated carbocycles. The molecule has 5 aromatic rings. The molecule has 228 valence electrons. The van der Waals surface area contributed by atoms with Gasteiger partial charge in [-0.25, -0.2) is 4.58 Å². The molecular weight excluding hydrogens is 558 g/mol. The van der Waals surface area contributed by atoms with Crippen molar-refractivity contribution in [3.63, 3.8) is 0 Å². The standard InChI is InChI=1S/C40H40NO4/c1-29(32-17-11-6-12-18-32)41-22-21-33-25-39(43-3)40(45-28-31-15-9-5-10-16-31)26-36(33)37(41)24-34-23-35(19-20-38(34)42-2)44-27-30-13-7-4-8-14-30/h4-20,23,25-26,29H,21-22,24,27-28H2,1-3H3/q+1/t29-/m0/s1. The van der Waals surface area contributed by atoms with Gasteiger partial charge in [0.05, 0.1) is 20.6 Å². The summed E-state index contributed by atoms with van der Waals surface area (Å²) in [5, 5.41) is 0. The minimum Gasteiger partial charge on any atom is -0.496 e. The number of hydrogen-bond donors (Lipinski definition) is 0. The summed E-state index contributed by atoms with van der Waals surface area (Å²) >= 11 is 0. The Kier molecular flexibility index (Phi) is 9.45. The smallest absolute Gasteiger partial charge is 0.188 e. The van der Waals surface area contributed by atoms with Crippen molar-refractivity contribution in [2.24, 2.45) is 0 Å². The van der Waals surface area contributed by atoms with Crippen molar-refractivity contribution in [1.29, 1.82) is 0 Å². The van der Waals surface area contributed by atoms with Gasteiger partial charge in [0.25, 0.3) is 0 Å². The van der Waals surface area contributed by atoms with E-state index in [9.17, 15) is 0 Å². The lowest BCUT2D eigenvalue weighted by Gasteiger charge is -2.25. The quantitative estimate of drug-likeness (QED) is 0.136. The fraction of sp³-hybridized carbons (Fsp3) is 0.225. The van der Waals surface area contributed by atoms with Crippen LogP contribution in [-0.2, 0) is 26.1 Å². The van der Waals surface area contributed by atoms with E-state index >= 15 is 0 Å². The number of ether oxygens (including phenoxy) is 4. The van der Waals surface area contributed by atoms with E-state index in [1.54, 1.807) is 14.2 Å². The van der Waals surface area contributed by atoms with Gasteiger partial charge in [0.1, 0.15) is 31.3 Å². The summed E-state index contributed by atoms with van der Waals surface area (Å²) < 4.78 is 26.9. The first-order chi connectivity index (χ1) is 22.1. The fourth-order valence-electron chi connectivity index (χ4n) is 6.06. The highest BCUT2D eigenvalue weighted by Crippen LogP contribution is 2.36. The van der Waals surface area contributed by atoms with E-state index in [0.717, 1.165) is 52.7 Å². The average molecular weight is 599 g/mol. The third-order valence-electron chi connectivity index (χ3n) is 8.51. The molecule has 1 aliphatic heterocycles. The van der Waals surface area contributed by atoms with Crippen LogP contribution in [0.2, 0.25) is 0 Å². The monoisotopic (exact) mass is 598 g/mol. The molecule has 0 saturated heterocycles. The molecule has 1 atom stereocenters. The zero-order chi connectivity index (χ0) is 31.0. The van der Waals surface area contributed by atoms with Gasteiger partial charge in [-0.2, -0.15) is 0 Å². The van der Waals surface area contributed by atoms with E-state index in [1.807, 2.05) is 48.5 Å². The Labute approximate surface area is 266 Å². The Morgan fingerprint density at radius 1 is 0.644 bits per heavy atom. The lowest BCUT2D eigenvalue weighted by molar-refractivity contribution is -0.570. The predicted molar refractivity (Wildman–Crippen MR) is 179 cm³/mol. The zero-order valence-corrected chi connectivity index (χ0v) is 26.2. The average Bonchev–Trinajstić information content (AvgIpc) is 3.10. The van der Waals surface area contributed by atoms with Gasteiger partial charge in [0.2, 0.25) is 0 Å². The van der Waals surface area contributed by atoms with Crippen LogP contribution in [0.4, 0.5) is 0 Å². The maximum Gasteiger partial charge on any atom is 0.188 e. The summed E-state index contributed by atoms with van der Waals surface area (Å²) in [7, 11) is 3.44. The Morgan fingerprint density at radius 2 is 1.27 bits per heavy atom. The Bertz CT molecular complexity index is 1750. The van der Waals surface area contributed by atoms with Crippen molar-refractivity contribution >= 4 is 5.71 Å². The predicted octanol–water partition coefficient (Wildman–Crippen LogP) is 8.22. The second-order valence-electron chi connectivity index (χ2n) is 11.3. The first-order valence-electron chi connectivity index (χ1n) is 15.5. The van der Waals surface area contributed by atoms with Gasteiger partial charge in [0, 0.05) is 30.0 Å². The molecule has 0 spiro atoms. The minimum absolute atomic E-state index is 0.175. The molecule has 0 amide bonds. The van der Waals surface area contributed by atoms with E-state index in [2.05, 4.69) is 84.3 Å². The molecule has 6 rings (SSSR count). The molecule has 5 nitrogen and oxygen atoms in total. The largest absolute Gasteiger partial charge is 0.496 e. The van der Waals surface area contributed by atoms with E-state index in [0.29, 0.717) is 19.6 Å². The van der Waals surface area contributed by atoms with Crippen LogP contribution in [0.3, 0.4) is 0 Å². The third-order valence-corrected chi connectivity index (χ3v) is 8.51. The van der Waals surface area contributed by atoms with Crippen LogP contribution in [0.5, 0.6) is 23.0 Å². The molecule has 0 fully saturated rings. The van der Waals surface area contributed by atoms with E-state index in [-0.39, 0.29) is 6.04 Å². The van der Waals surface area contributed by atoms with Crippen molar-refractivity contribution in [2.45, 2.75) is 39.0 Å². The summed E-state index contributed by atoms with van der Waals surface area (Å²) in [6.45, 7) is 4.14. The van der Waals surface area contributed by atoms with E-state index < -0.39 is 0 Å². The molecule has 0 aliphatic carbocycles. The van der Waals surface area contributed by atoms with Gasteiger partial charge in [-0.15, -0.1) is 0 Å². The van der Waals surface area contributed by atoms with Crippen LogP contribution in [-0.4, -0.2) is 31.1 Å². The second-order valence-corrected chi connectivity index (χ2v) is 11.3. The van der Waals surface area contributed by atoms with Gasteiger partial charge >= 0.3 is 0 Å². The highest BCUT2D eigenvalue weighted by molar-refractivity contribution is 6.01. The molecule has 5 heteroatoms. The lowest BCUT2D eigenvalue weighted by Crippen LogP contribution is -2.33. The molecular formula is C40H40NO4+. The first kappa shape index (κ1) is 30.0. The molecule has 5 aromatic carbocycles. The van der Waals surface area contributed by atoms with Gasteiger partial charge in [0.15, 0.2) is 23.3 Å². The number of methoxy groups -OCH3 is 2. The molecule has 0 aromatic heterocycles. The van der Waals surface area contributed by atoms with Crippen LogP contribution < -0.4 is 18.9 Å². The summed E-state index contributed by atoms with van der Waals surface area (Å²) in [6.07, 6.45) is 1.57. The van der Waals surface area contributed by atoms with Gasteiger partial charge in [-0.3, -0.25) is 0 Å². The summed E-state index contributed by atoms with van der Waals surface area (Å²) in [4.78, 5) is 0. The zero-order valence-electron chi connectivity index (χ0n) is 26.2. The van der Waals surface area contributed by atoms with Crippen LogP contribution in [0.15, 0.2) is 121 Å². The maximum atomic E-state index is 6.40. The number of hydrogen-bond acceptors (Lipinski definition) is 4. The topological polar surface area (TPSA) is 39.9 Å². The van der Waals surface area contributed by atoms with E-state index in [4.69, 9.17) is 18.9 Å². The van der Waals surface area contributed by atoms with Gasteiger partial charge in [-0.1, -0.05) is 91.0 Å². The normalized spacial score (nSPS) is 13.1. The highest BCUT2D eigenvalue weighted by Gasteiger charge is 2.32. The van der Waals surface area contributed by atoms with Crippen LogP contribution >= 0.6 is 0 Å². The molecule has 0 radical (unpaired) electrons. The fourth-order valence-corrected chi connectivity index (χ4v) is 6.06. The van der Waals surface area contributed by atoms with Crippen molar-refractivity contribution in [3.8, 4) is 23.0 Å². The summed E-state index contributed by atoms with van der Waals surface area (Å²) in [5.74, 6) is 3.14. The SMILES string of the molecule is COc1ccc(OCc2ccccc2)cc1CC1=[N+]([C@@H](C)c2ccccc2)CCc2cc(OC)c(OCc3ccccc3)cc21. The summed E-state index contributed by atoms with van der Waals surface area (Å²) in [6, 6.07) is 41.8. The Morgan fingerprint density at radius 3 is 1.91 bits per heavy atom. The maximum absolute atomic E-state index is 6.40. The van der Waals surface area contributed by atoms with Crippen molar-refractivity contribution in [3.05, 3.63) is 155 Å². The van der Waals surface area contributed by atoms with E-state index in [1.165, 1.54) is 22.4 Å². The molecule has 45 heavy (non-hydrogen) atoms. The molecule has 0 unspecified atom stereocenters. The second kappa shape index (κ2) is 14.2. The van der Waals surface area contributed by atoms with Gasteiger partial charge < -0.3 is 18.9 Å². The molecule has 1 aliphatic rings. The Hall–Kier alpha value is -5.03. The van der Waals surface area contributed by atoms with Gasteiger partial charge in [-0.05, 0) is 47.0 Å². The third kappa shape index (κ3) is 7.04. The number of rotatable bonds is 12. The van der Waals surface area contributed by atoms with Crippen molar-refractivity contribution in [2.75, 3.05) is 20.8 Å². The molecule has 0 N–H and O–H groups in total. The highest BCUT2D eigenvalue weighted by atomic mass is 16.5. The number of fused-ring (bicyclic) bond motifs is 1. The van der Waals surface area contributed by atoms with Crippen LogP contribution in [0.25, 0.3) is 0 Å². The molecule has 0 bridgehead atoms. The first-order valence-corrected chi connectivity index (χ1v) is 15.5. The van der Waals surface area contributed by atoms with Crippen LogP contribution in [0, 0.1) is 0 Å². The Balaban J connectivity index is 1.40.